The Labute approximate surface area is 154 Å². The highest BCUT2D eigenvalue weighted by molar-refractivity contribution is 5.92. The van der Waals surface area contributed by atoms with Crippen molar-refractivity contribution in [2.75, 3.05) is 18.5 Å². The van der Waals surface area contributed by atoms with Gasteiger partial charge in [0.1, 0.15) is 5.69 Å². The molecule has 0 aliphatic rings. The van der Waals surface area contributed by atoms with Crippen LogP contribution < -0.4 is 10.6 Å². The molecule has 1 aromatic carbocycles. The molecule has 1 heterocycles. The topological polar surface area (TPSA) is 80.3 Å². The van der Waals surface area contributed by atoms with Crippen LogP contribution >= 0.6 is 0 Å². The molecule has 1 aromatic heterocycles. The highest BCUT2D eigenvalue weighted by Crippen LogP contribution is 2.17. The smallest absolute Gasteiger partial charge is 0.338 e. The number of nitrogens with one attached hydrogen (secondary N) is 2. The van der Waals surface area contributed by atoms with Gasteiger partial charge < -0.3 is 15.4 Å². The summed E-state index contributed by atoms with van der Waals surface area (Å²) in [6.07, 6.45) is 4.81. The summed E-state index contributed by atoms with van der Waals surface area (Å²) in [5, 5.41) is 6.05. The number of rotatable bonds is 9. The quantitative estimate of drug-likeness (QED) is 0.526. The predicted molar refractivity (Wildman–Crippen MR) is 102 cm³/mol. The zero-order valence-corrected chi connectivity index (χ0v) is 15.2. The molecule has 0 saturated heterocycles. The van der Waals surface area contributed by atoms with E-state index >= 15 is 0 Å². The van der Waals surface area contributed by atoms with Crippen molar-refractivity contribution < 1.29 is 14.3 Å². The van der Waals surface area contributed by atoms with Crippen LogP contribution in [0.2, 0.25) is 0 Å². The lowest BCUT2D eigenvalue weighted by Gasteiger charge is -2.08. The number of unbranched alkanes of at least 4 members (excludes halogenated alkanes) is 2. The zero-order valence-electron chi connectivity index (χ0n) is 15.2. The number of anilines is 2. The van der Waals surface area contributed by atoms with Gasteiger partial charge >= 0.3 is 5.97 Å². The maximum Gasteiger partial charge on any atom is 0.338 e. The van der Waals surface area contributed by atoms with Gasteiger partial charge in [-0.15, -0.1) is 0 Å². The van der Waals surface area contributed by atoms with E-state index in [1.54, 1.807) is 49.5 Å². The number of carbonyl (C=O) groups is 2. The van der Waals surface area contributed by atoms with E-state index in [1.807, 2.05) is 0 Å². The molecule has 0 atom stereocenters. The third-order valence-electron chi connectivity index (χ3n) is 3.75. The number of aromatic nitrogens is 1. The molecule has 0 unspecified atom stereocenters. The molecule has 0 fully saturated rings. The Kier molecular flexibility index (Phi) is 7.61. The fourth-order valence-electron chi connectivity index (χ4n) is 2.34. The third-order valence-corrected chi connectivity index (χ3v) is 3.75. The second-order valence-electron chi connectivity index (χ2n) is 5.82. The molecule has 0 saturated carbocycles. The van der Waals surface area contributed by atoms with Crippen molar-refractivity contribution in [3.8, 4) is 0 Å². The zero-order chi connectivity index (χ0) is 18.8. The minimum Gasteiger partial charge on any atom is -0.462 e. The van der Waals surface area contributed by atoms with Gasteiger partial charge in [-0.3, -0.25) is 4.79 Å². The summed E-state index contributed by atoms with van der Waals surface area (Å²) >= 11 is 0. The summed E-state index contributed by atoms with van der Waals surface area (Å²) in [6, 6.07) is 10.5. The summed E-state index contributed by atoms with van der Waals surface area (Å²) in [4.78, 5) is 27.8. The van der Waals surface area contributed by atoms with Crippen LogP contribution in [0, 0.1) is 0 Å². The van der Waals surface area contributed by atoms with Crippen LogP contribution in [0.1, 0.15) is 54.0 Å². The minimum atomic E-state index is -0.338. The number of carbonyl (C=O) groups excluding carboxylic acids is 2. The Hall–Kier alpha value is -2.89. The number of hydrogen-bond acceptors (Lipinski definition) is 5. The second-order valence-corrected chi connectivity index (χ2v) is 5.82. The Morgan fingerprint density at radius 1 is 1.00 bits per heavy atom. The van der Waals surface area contributed by atoms with Crippen LogP contribution in [0.4, 0.5) is 11.4 Å². The molecule has 0 aliphatic carbocycles. The monoisotopic (exact) mass is 355 g/mol. The van der Waals surface area contributed by atoms with E-state index in [-0.39, 0.29) is 11.9 Å². The van der Waals surface area contributed by atoms with Crippen molar-refractivity contribution in [3.63, 3.8) is 0 Å². The van der Waals surface area contributed by atoms with Crippen molar-refractivity contribution in [2.24, 2.45) is 0 Å². The lowest BCUT2D eigenvalue weighted by Crippen LogP contribution is -2.25. The lowest BCUT2D eigenvalue weighted by atomic mass is 10.2. The Morgan fingerprint density at radius 2 is 1.73 bits per heavy atom. The van der Waals surface area contributed by atoms with E-state index in [4.69, 9.17) is 4.74 Å². The van der Waals surface area contributed by atoms with Gasteiger partial charge in [0.15, 0.2) is 0 Å². The van der Waals surface area contributed by atoms with Crippen LogP contribution in [0.25, 0.3) is 0 Å². The number of amides is 1. The molecule has 2 N–H and O–H groups in total. The van der Waals surface area contributed by atoms with Crippen molar-refractivity contribution in [2.45, 2.75) is 33.1 Å². The van der Waals surface area contributed by atoms with Gasteiger partial charge in [0, 0.05) is 12.2 Å². The Morgan fingerprint density at radius 3 is 2.35 bits per heavy atom. The van der Waals surface area contributed by atoms with Crippen LogP contribution in [0.15, 0.2) is 42.6 Å². The van der Waals surface area contributed by atoms with E-state index in [2.05, 4.69) is 22.5 Å². The minimum absolute atomic E-state index is 0.161. The highest BCUT2D eigenvalue weighted by atomic mass is 16.5. The first-order chi connectivity index (χ1) is 12.6. The molecule has 2 rings (SSSR count). The second kappa shape index (κ2) is 10.2. The van der Waals surface area contributed by atoms with E-state index in [1.165, 1.54) is 0 Å². The van der Waals surface area contributed by atoms with Crippen LogP contribution in [-0.4, -0.2) is 30.0 Å². The van der Waals surface area contributed by atoms with E-state index in [0.29, 0.717) is 24.4 Å². The first-order valence-electron chi connectivity index (χ1n) is 8.92. The molecule has 0 aliphatic heterocycles. The summed E-state index contributed by atoms with van der Waals surface area (Å²) in [7, 11) is 0. The van der Waals surface area contributed by atoms with Crippen molar-refractivity contribution in [1.82, 2.24) is 10.3 Å². The largest absolute Gasteiger partial charge is 0.462 e. The normalized spacial score (nSPS) is 10.2. The van der Waals surface area contributed by atoms with Crippen molar-refractivity contribution in [3.05, 3.63) is 53.9 Å². The van der Waals surface area contributed by atoms with Gasteiger partial charge in [-0.25, -0.2) is 9.78 Å². The first-order valence-corrected chi connectivity index (χ1v) is 8.92. The van der Waals surface area contributed by atoms with Gasteiger partial charge in [0.05, 0.1) is 24.1 Å². The van der Waals surface area contributed by atoms with Crippen molar-refractivity contribution >= 4 is 23.3 Å². The average Bonchev–Trinajstić information content (AvgIpc) is 2.66. The molecule has 138 valence electrons. The van der Waals surface area contributed by atoms with Crippen LogP contribution in [-0.2, 0) is 4.74 Å². The maximum atomic E-state index is 12.0. The summed E-state index contributed by atoms with van der Waals surface area (Å²) in [5.41, 5.74) is 2.48. The number of benzene rings is 1. The standard InChI is InChI=1S/C20H25N3O3/c1-3-5-6-13-21-19(24)18-12-11-17(14-22-18)23-16-9-7-15(8-10-16)20(25)26-4-2/h7-12,14,23H,3-6,13H2,1-2H3,(H,21,24). The van der Waals surface area contributed by atoms with Gasteiger partial charge in [-0.2, -0.15) is 0 Å². The maximum absolute atomic E-state index is 12.0. The molecule has 0 radical (unpaired) electrons. The molecule has 1 amide bonds. The first kappa shape index (κ1) is 19.4. The number of esters is 1. The molecule has 6 heteroatoms. The Balaban J connectivity index is 1.90. The number of nitrogens with zero attached hydrogens (tertiary/aromatic N) is 1. The molecular weight excluding hydrogens is 330 g/mol. The van der Waals surface area contributed by atoms with Crippen LogP contribution in [0.5, 0.6) is 0 Å². The van der Waals surface area contributed by atoms with Crippen LogP contribution in [0.3, 0.4) is 0 Å². The molecular formula is C20H25N3O3. The number of ether oxygens (including phenoxy) is 1. The SMILES string of the molecule is CCCCCNC(=O)c1ccc(Nc2ccc(C(=O)OCC)cc2)cn1. The third kappa shape index (κ3) is 5.88. The molecule has 6 nitrogen and oxygen atoms in total. The fourth-order valence-corrected chi connectivity index (χ4v) is 2.34. The Bertz CT molecular complexity index is 712. The summed E-state index contributed by atoms with van der Waals surface area (Å²) in [5.74, 6) is -0.499. The van der Waals surface area contributed by atoms with Gasteiger partial charge in [-0.05, 0) is 49.7 Å². The molecule has 0 bridgehead atoms. The van der Waals surface area contributed by atoms with Crippen molar-refractivity contribution in [1.29, 1.82) is 0 Å². The number of hydrogen-bond donors (Lipinski definition) is 2. The van der Waals surface area contributed by atoms with Gasteiger partial charge in [0.2, 0.25) is 0 Å². The van der Waals surface area contributed by atoms with E-state index in [0.717, 1.165) is 30.6 Å². The van der Waals surface area contributed by atoms with Gasteiger partial charge in [0.25, 0.3) is 5.91 Å². The van der Waals surface area contributed by atoms with Gasteiger partial charge in [-0.1, -0.05) is 19.8 Å². The highest BCUT2D eigenvalue weighted by Gasteiger charge is 2.08. The van der Waals surface area contributed by atoms with E-state index < -0.39 is 0 Å². The lowest BCUT2D eigenvalue weighted by molar-refractivity contribution is 0.0526. The molecule has 26 heavy (non-hydrogen) atoms. The fraction of sp³-hybridized carbons (Fsp3) is 0.350. The number of pyridine rings is 1. The predicted octanol–water partition coefficient (Wildman–Crippen LogP) is 3.92. The van der Waals surface area contributed by atoms with E-state index in [9.17, 15) is 9.59 Å². The molecule has 2 aromatic rings. The molecule has 0 spiro atoms. The summed E-state index contributed by atoms with van der Waals surface area (Å²) in [6.45, 7) is 4.92. The summed E-state index contributed by atoms with van der Waals surface area (Å²) < 4.78 is 4.96. The average molecular weight is 355 g/mol.